The summed E-state index contributed by atoms with van der Waals surface area (Å²) >= 11 is 0. The van der Waals surface area contributed by atoms with Gasteiger partial charge in [0.15, 0.2) is 0 Å². The molecule has 0 saturated heterocycles. The summed E-state index contributed by atoms with van der Waals surface area (Å²) in [5.74, 6) is 0.304. The van der Waals surface area contributed by atoms with E-state index in [9.17, 15) is 9.59 Å². The second kappa shape index (κ2) is 10.3. The molecule has 0 aliphatic carbocycles. The summed E-state index contributed by atoms with van der Waals surface area (Å²) in [6, 6.07) is 23.7. The van der Waals surface area contributed by atoms with Crippen molar-refractivity contribution in [2.75, 3.05) is 13.7 Å². The Bertz CT molecular complexity index is 968. The minimum Gasteiger partial charge on any atom is -0.497 e. The van der Waals surface area contributed by atoms with Crippen molar-refractivity contribution in [1.82, 2.24) is 10.6 Å². The minimum absolute atomic E-state index is 0.169. The van der Waals surface area contributed by atoms with E-state index in [0.717, 1.165) is 12.0 Å². The van der Waals surface area contributed by atoms with E-state index < -0.39 is 0 Å². The maximum atomic E-state index is 12.7. The molecule has 0 heterocycles. The standard InChI is InChI=1S/C25H26N2O3/c1-3-18-9-11-20(12-10-18)24(28)26-17-23(19-7-5-4-6-8-19)27-25(29)21-13-15-22(30-2)16-14-21/h4-16,23H,3,17H2,1-2H3,(H,26,28)(H,27,29). The molecule has 30 heavy (non-hydrogen) atoms. The maximum absolute atomic E-state index is 12.7. The molecular weight excluding hydrogens is 376 g/mol. The summed E-state index contributed by atoms with van der Waals surface area (Å²) in [7, 11) is 1.58. The quantitative estimate of drug-likeness (QED) is 0.595. The van der Waals surface area contributed by atoms with Crippen molar-refractivity contribution in [1.29, 1.82) is 0 Å². The van der Waals surface area contributed by atoms with Crippen LogP contribution in [0, 0.1) is 0 Å². The van der Waals surface area contributed by atoms with Crippen LogP contribution in [0.25, 0.3) is 0 Å². The average molecular weight is 402 g/mol. The topological polar surface area (TPSA) is 67.4 Å². The number of hydrogen-bond donors (Lipinski definition) is 2. The summed E-state index contributed by atoms with van der Waals surface area (Å²) in [6.07, 6.45) is 0.926. The zero-order chi connectivity index (χ0) is 21.3. The van der Waals surface area contributed by atoms with Crippen LogP contribution in [0.3, 0.4) is 0 Å². The Morgan fingerprint density at radius 2 is 1.43 bits per heavy atom. The molecule has 0 saturated carbocycles. The molecule has 5 heteroatoms. The van der Waals surface area contributed by atoms with Crippen molar-refractivity contribution in [2.24, 2.45) is 0 Å². The summed E-state index contributed by atoms with van der Waals surface area (Å²) < 4.78 is 5.14. The molecule has 0 radical (unpaired) electrons. The van der Waals surface area contributed by atoms with Gasteiger partial charge in [-0.2, -0.15) is 0 Å². The van der Waals surface area contributed by atoms with E-state index >= 15 is 0 Å². The Morgan fingerprint density at radius 3 is 2.03 bits per heavy atom. The lowest BCUT2D eigenvalue weighted by molar-refractivity contribution is 0.0908. The molecule has 3 rings (SSSR count). The van der Waals surface area contributed by atoms with E-state index in [2.05, 4.69) is 17.6 Å². The SMILES string of the molecule is CCc1ccc(C(=O)NCC(NC(=O)c2ccc(OC)cc2)c2ccccc2)cc1. The maximum Gasteiger partial charge on any atom is 0.251 e. The lowest BCUT2D eigenvalue weighted by Gasteiger charge is -2.20. The van der Waals surface area contributed by atoms with Gasteiger partial charge in [-0.15, -0.1) is 0 Å². The zero-order valence-corrected chi connectivity index (χ0v) is 17.2. The van der Waals surface area contributed by atoms with Gasteiger partial charge in [-0.3, -0.25) is 9.59 Å². The number of aryl methyl sites for hydroxylation is 1. The number of carbonyl (C=O) groups is 2. The van der Waals surface area contributed by atoms with Crippen LogP contribution in [0.4, 0.5) is 0 Å². The Hall–Kier alpha value is -3.60. The fourth-order valence-corrected chi connectivity index (χ4v) is 3.11. The van der Waals surface area contributed by atoms with Crippen LogP contribution in [0.15, 0.2) is 78.9 Å². The van der Waals surface area contributed by atoms with Gasteiger partial charge >= 0.3 is 0 Å². The van der Waals surface area contributed by atoms with E-state index in [1.54, 1.807) is 31.4 Å². The van der Waals surface area contributed by atoms with Crippen LogP contribution in [0.5, 0.6) is 5.75 Å². The van der Waals surface area contributed by atoms with Gasteiger partial charge in [-0.05, 0) is 53.9 Å². The molecule has 0 bridgehead atoms. The fraction of sp³-hybridized carbons (Fsp3) is 0.200. The van der Waals surface area contributed by atoms with Gasteiger partial charge in [0.05, 0.1) is 13.2 Å². The van der Waals surface area contributed by atoms with E-state index in [4.69, 9.17) is 4.74 Å². The number of rotatable bonds is 8. The number of hydrogen-bond acceptors (Lipinski definition) is 3. The molecule has 0 aliphatic rings. The molecule has 1 unspecified atom stereocenters. The fourth-order valence-electron chi connectivity index (χ4n) is 3.11. The first-order chi connectivity index (χ1) is 14.6. The molecule has 3 aromatic carbocycles. The first-order valence-electron chi connectivity index (χ1n) is 9.97. The zero-order valence-electron chi connectivity index (χ0n) is 17.2. The third-order valence-corrected chi connectivity index (χ3v) is 4.95. The molecule has 0 aliphatic heterocycles. The van der Waals surface area contributed by atoms with E-state index in [-0.39, 0.29) is 24.4 Å². The third kappa shape index (κ3) is 5.47. The number of nitrogens with one attached hydrogen (secondary N) is 2. The lowest BCUT2D eigenvalue weighted by Crippen LogP contribution is -2.38. The van der Waals surface area contributed by atoms with Crippen molar-refractivity contribution in [3.05, 3.63) is 101 Å². The Balaban J connectivity index is 1.70. The molecule has 1 atom stereocenters. The van der Waals surface area contributed by atoms with Gasteiger partial charge in [0.2, 0.25) is 0 Å². The van der Waals surface area contributed by atoms with Crippen LogP contribution in [0.2, 0.25) is 0 Å². The average Bonchev–Trinajstić information content (AvgIpc) is 2.82. The second-order valence-electron chi connectivity index (χ2n) is 6.93. The molecule has 0 aromatic heterocycles. The molecule has 5 nitrogen and oxygen atoms in total. The van der Waals surface area contributed by atoms with Crippen molar-refractivity contribution < 1.29 is 14.3 Å². The van der Waals surface area contributed by atoms with E-state index in [1.807, 2.05) is 54.6 Å². The number of amides is 2. The second-order valence-corrected chi connectivity index (χ2v) is 6.93. The Kier molecular flexibility index (Phi) is 7.22. The van der Waals surface area contributed by atoms with Gasteiger partial charge in [0.1, 0.15) is 5.75 Å². The largest absolute Gasteiger partial charge is 0.497 e. The third-order valence-electron chi connectivity index (χ3n) is 4.95. The molecular formula is C25H26N2O3. The molecule has 0 fully saturated rings. The summed E-state index contributed by atoms with van der Waals surface area (Å²) in [6.45, 7) is 2.35. The Morgan fingerprint density at radius 1 is 0.833 bits per heavy atom. The number of ether oxygens (including phenoxy) is 1. The van der Waals surface area contributed by atoms with E-state index in [1.165, 1.54) is 5.56 Å². The van der Waals surface area contributed by atoms with Crippen molar-refractivity contribution >= 4 is 11.8 Å². The first-order valence-corrected chi connectivity index (χ1v) is 9.97. The molecule has 3 aromatic rings. The molecule has 0 spiro atoms. The first kappa shape index (κ1) is 21.1. The van der Waals surface area contributed by atoms with Crippen molar-refractivity contribution in [3.63, 3.8) is 0 Å². The van der Waals surface area contributed by atoms with Gasteiger partial charge in [0, 0.05) is 17.7 Å². The molecule has 2 amide bonds. The van der Waals surface area contributed by atoms with Gasteiger partial charge in [-0.1, -0.05) is 49.4 Å². The summed E-state index contributed by atoms with van der Waals surface area (Å²) in [5.41, 5.74) is 3.22. The highest BCUT2D eigenvalue weighted by atomic mass is 16.5. The highest BCUT2D eigenvalue weighted by Crippen LogP contribution is 2.15. The Labute approximate surface area is 177 Å². The van der Waals surface area contributed by atoms with Crippen LogP contribution < -0.4 is 15.4 Å². The van der Waals surface area contributed by atoms with Crippen molar-refractivity contribution in [2.45, 2.75) is 19.4 Å². The summed E-state index contributed by atoms with van der Waals surface area (Å²) in [4.78, 5) is 25.3. The summed E-state index contributed by atoms with van der Waals surface area (Å²) in [5, 5.41) is 5.95. The van der Waals surface area contributed by atoms with Gasteiger partial charge in [-0.25, -0.2) is 0 Å². The minimum atomic E-state index is -0.361. The monoisotopic (exact) mass is 402 g/mol. The normalized spacial score (nSPS) is 11.4. The van der Waals surface area contributed by atoms with Crippen LogP contribution in [0.1, 0.15) is 44.8 Å². The van der Waals surface area contributed by atoms with E-state index in [0.29, 0.717) is 16.9 Å². The number of benzene rings is 3. The van der Waals surface area contributed by atoms with Gasteiger partial charge in [0.25, 0.3) is 11.8 Å². The van der Waals surface area contributed by atoms with Crippen LogP contribution in [-0.4, -0.2) is 25.5 Å². The predicted molar refractivity (Wildman–Crippen MR) is 118 cm³/mol. The van der Waals surface area contributed by atoms with Crippen LogP contribution >= 0.6 is 0 Å². The van der Waals surface area contributed by atoms with Crippen molar-refractivity contribution in [3.8, 4) is 5.75 Å². The smallest absolute Gasteiger partial charge is 0.251 e. The molecule has 154 valence electrons. The van der Waals surface area contributed by atoms with Gasteiger partial charge < -0.3 is 15.4 Å². The lowest BCUT2D eigenvalue weighted by atomic mass is 10.1. The molecule has 2 N–H and O–H groups in total. The number of carbonyl (C=O) groups excluding carboxylic acids is 2. The number of methoxy groups -OCH3 is 1. The highest BCUT2D eigenvalue weighted by Gasteiger charge is 2.17. The highest BCUT2D eigenvalue weighted by molar-refractivity contribution is 5.95. The van der Waals surface area contributed by atoms with Crippen LogP contribution in [-0.2, 0) is 6.42 Å². The predicted octanol–water partition coefficient (Wildman–Crippen LogP) is 4.16.